The van der Waals surface area contributed by atoms with E-state index in [4.69, 9.17) is 10.6 Å². The molecule has 6 heteroatoms. The molecule has 21 heavy (non-hydrogen) atoms. The van der Waals surface area contributed by atoms with Crippen molar-refractivity contribution in [2.24, 2.45) is 5.84 Å². The van der Waals surface area contributed by atoms with Gasteiger partial charge in [0, 0.05) is 29.8 Å². The van der Waals surface area contributed by atoms with Gasteiger partial charge in [0.05, 0.1) is 18.8 Å². The predicted octanol–water partition coefficient (Wildman–Crippen LogP) is 2.46. The van der Waals surface area contributed by atoms with Gasteiger partial charge in [0.2, 0.25) is 0 Å². The Kier molecular flexibility index (Phi) is 3.92. The fourth-order valence-corrected chi connectivity index (χ4v) is 3.19. The van der Waals surface area contributed by atoms with E-state index in [1.165, 1.54) is 5.56 Å². The summed E-state index contributed by atoms with van der Waals surface area (Å²) in [6.45, 7) is 2.06. The zero-order valence-corrected chi connectivity index (χ0v) is 12.9. The van der Waals surface area contributed by atoms with E-state index in [1.807, 2.05) is 34.3 Å². The lowest BCUT2D eigenvalue weighted by Crippen LogP contribution is -2.30. The lowest BCUT2D eigenvalue weighted by atomic mass is 10.00. The topological polar surface area (TPSA) is 64.6 Å². The van der Waals surface area contributed by atoms with Crippen molar-refractivity contribution in [1.82, 2.24) is 14.8 Å². The molecule has 0 aliphatic rings. The van der Waals surface area contributed by atoms with E-state index in [1.54, 1.807) is 18.4 Å². The van der Waals surface area contributed by atoms with Crippen LogP contribution in [0.1, 0.15) is 22.9 Å². The van der Waals surface area contributed by atoms with E-state index in [0.717, 1.165) is 22.0 Å². The number of nitrogens with two attached hydrogens (primary N) is 1. The van der Waals surface area contributed by atoms with Gasteiger partial charge in [-0.25, -0.2) is 4.98 Å². The highest BCUT2D eigenvalue weighted by Crippen LogP contribution is 2.28. The second-order valence-electron chi connectivity index (χ2n) is 4.99. The number of imidazole rings is 1. The summed E-state index contributed by atoms with van der Waals surface area (Å²) in [5, 5.41) is 2.02. The lowest BCUT2D eigenvalue weighted by Gasteiger charge is -2.18. The summed E-state index contributed by atoms with van der Waals surface area (Å²) in [4.78, 5) is 5.61. The molecule has 0 fully saturated rings. The monoisotopic (exact) mass is 302 g/mol. The van der Waals surface area contributed by atoms with Gasteiger partial charge in [-0.15, -0.1) is 11.3 Å². The normalized spacial score (nSPS) is 12.7. The Morgan fingerprint density at radius 2 is 2.33 bits per heavy atom. The maximum absolute atomic E-state index is 5.76. The van der Waals surface area contributed by atoms with E-state index in [-0.39, 0.29) is 6.04 Å². The van der Waals surface area contributed by atoms with Crippen molar-refractivity contribution in [3.8, 4) is 5.75 Å². The summed E-state index contributed by atoms with van der Waals surface area (Å²) in [7, 11) is 1.67. The molecule has 0 spiro atoms. The number of aromatic nitrogens is 2. The smallest absolute Gasteiger partial charge is 0.193 e. The van der Waals surface area contributed by atoms with Crippen molar-refractivity contribution in [3.05, 3.63) is 52.8 Å². The molecular formula is C15H18N4OS. The molecule has 3 rings (SSSR count). The first-order chi connectivity index (χ1) is 10.2. The minimum absolute atomic E-state index is 0.0375. The number of ether oxygens (including phenoxy) is 1. The van der Waals surface area contributed by atoms with Gasteiger partial charge in [-0.1, -0.05) is 17.7 Å². The number of rotatable bonds is 5. The van der Waals surface area contributed by atoms with Crippen LogP contribution in [0.15, 0.2) is 36.0 Å². The molecule has 110 valence electrons. The van der Waals surface area contributed by atoms with Crippen LogP contribution in [0.25, 0.3) is 4.96 Å². The summed E-state index contributed by atoms with van der Waals surface area (Å²) in [5.74, 6) is 6.60. The summed E-state index contributed by atoms with van der Waals surface area (Å²) in [6.07, 6.45) is 4.76. The van der Waals surface area contributed by atoms with Crippen LogP contribution < -0.4 is 16.0 Å². The molecule has 1 aromatic carbocycles. The average molecular weight is 302 g/mol. The molecule has 0 saturated carbocycles. The first-order valence-electron chi connectivity index (χ1n) is 6.73. The van der Waals surface area contributed by atoms with Crippen LogP contribution >= 0.6 is 11.3 Å². The van der Waals surface area contributed by atoms with Gasteiger partial charge >= 0.3 is 0 Å². The highest BCUT2D eigenvalue weighted by Gasteiger charge is 2.17. The number of nitrogens with one attached hydrogen (secondary N) is 1. The van der Waals surface area contributed by atoms with Crippen molar-refractivity contribution in [1.29, 1.82) is 0 Å². The zero-order valence-electron chi connectivity index (χ0n) is 12.0. The van der Waals surface area contributed by atoms with Crippen molar-refractivity contribution in [2.45, 2.75) is 19.4 Å². The first-order valence-corrected chi connectivity index (χ1v) is 7.61. The number of nitrogens with zero attached hydrogens (tertiary/aromatic N) is 2. The highest BCUT2D eigenvalue weighted by molar-refractivity contribution is 7.15. The SMILES string of the molecule is COc1ccc(C)cc1C(Cc1cn2ccsc2n1)NN. The van der Waals surface area contributed by atoms with E-state index >= 15 is 0 Å². The molecular weight excluding hydrogens is 284 g/mol. The number of hydrogen-bond donors (Lipinski definition) is 2. The average Bonchev–Trinajstić information content (AvgIpc) is 3.05. The number of hydrogen-bond acceptors (Lipinski definition) is 5. The molecule has 1 unspecified atom stereocenters. The van der Waals surface area contributed by atoms with Crippen molar-refractivity contribution in [2.75, 3.05) is 7.11 Å². The van der Waals surface area contributed by atoms with Gasteiger partial charge in [-0.3, -0.25) is 15.7 Å². The maximum atomic E-state index is 5.76. The van der Waals surface area contributed by atoms with Crippen molar-refractivity contribution >= 4 is 16.3 Å². The molecule has 0 bridgehead atoms. The Labute approximate surface area is 127 Å². The Morgan fingerprint density at radius 1 is 1.48 bits per heavy atom. The molecule has 3 N–H and O–H groups in total. The molecule has 2 aromatic heterocycles. The second-order valence-corrected chi connectivity index (χ2v) is 5.87. The minimum Gasteiger partial charge on any atom is -0.496 e. The number of fused-ring (bicyclic) bond motifs is 1. The van der Waals surface area contributed by atoms with Gasteiger partial charge < -0.3 is 4.74 Å². The van der Waals surface area contributed by atoms with E-state index in [9.17, 15) is 0 Å². The summed E-state index contributed by atoms with van der Waals surface area (Å²) < 4.78 is 7.47. The van der Waals surface area contributed by atoms with Gasteiger partial charge in [-0.05, 0) is 13.0 Å². The molecule has 3 aromatic rings. The van der Waals surface area contributed by atoms with E-state index in [2.05, 4.69) is 23.4 Å². The van der Waals surface area contributed by atoms with Crippen LogP contribution in [-0.4, -0.2) is 16.5 Å². The Balaban J connectivity index is 1.91. The largest absolute Gasteiger partial charge is 0.496 e. The van der Waals surface area contributed by atoms with Crippen LogP contribution in [0, 0.1) is 6.92 Å². The molecule has 1 atom stereocenters. The number of hydrazine groups is 1. The molecule has 0 aliphatic carbocycles. The predicted molar refractivity (Wildman–Crippen MR) is 84.6 cm³/mol. The summed E-state index contributed by atoms with van der Waals surface area (Å²) >= 11 is 1.62. The highest BCUT2D eigenvalue weighted by atomic mass is 32.1. The van der Waals surface area contributed by atoms with Crippen LogP contribution in [-0.2, 0) is 6.42 Å². The van der Waals surface area contributed by atoms with Crippen molar-refractivity contribution in [3.63, 3.8) is 0 Å². The van der Waals surface area contributed by atoms with Crippen LogP contribution in [0.2, 0.25) is 0 Å². The third kappa shape index (κ3) is 2.78. The molecule has 0 amide bonds. The molecule has 0 aliphatic heterocycles. The van der Waals surface area contributed by atoms with E-state index < -0.39 is 0 Å². The second kappa shape index (κ2) is 5.85. The fraction of sp³-hybridized carbons (Fsp3) is 0.267. The molecule has 2 heterocycles. The Hall–Kier alpha value is -1.89. The number of benzene rings is 1. The zero-order chi connectivity index (χ0) is 14.8. The van der Waals surface area contributed by atoms with E-state index in [0.29, 0.717) is 6.42 Å². The Morgan fingerprint density at radius 3 is 3.05 bits per heavy atom. The maximum Gasteiger partial charge on any atom is 0.193 e. The van der Waals surface area contributed by atoms with Crippen molar-refractivity contribution < 1.29 is 4.74 Å². The minimum atomic E-state index is -0.0375. The third-order valence-corrected chi connectivity index (χ3v) is 4.29. The van der Waals surface area contributed by atoms with Gasteiger partial charge in [-0.2, -0.15) is 0 Å². The number of thiazole rings is 1. The van der Waals surface area contributed by atoms with Crippen LogP contribution in [0.4, 0.5) is 0 Å². The molecule has 0 radical (unpaired) electrons. The summed E-state index contributed by atoms with van der Waals surface area (Å²) in [6, 6.07) is 6.06. The first kappa shape index (κ1) is 14.1. The molecule has 0 saturated heterocycles. The quantitative estimate of drug-likeness (QED) is 0.561. The van der Waals surface area contributed by atoms with Gasteiger partial charge in [0.25, 0.3) is 0 Å². The molecule has 5 nitrogen and oxygen atoms in total. The van der Waals surface area contributed by atoms with Crippen LogP contribution in [0.3, 0.4) is 0 Å². The van der Waals surface area contributed by atoms with Gasteiger partial charge in [0.15, 0.2) is 4.96 Å². The van der Waals surface area contributed by atoms with Crippen LogP contribution in [0.5, 0.6) is 5.75 Å². The summed E-state index contributed by atoms with van der Waals surface area (Å²) in [5.41, 5.74) is 6.12. The Bertz CT molecular complexity index is 721. The van der Waals surface area contributed by atoms with Gasteiger partial charge in [0.1, 0.15) is 5.75 Å². The number of aryl methyl sites for hydroxylation is 1. The lowest BCUT2D eigenvalue weighted by molar-refractivity contribution is 0.398. The fourth-order valence-electron chi connectivity index (χ4n) is 2.47. The standard InChI is InChI=1S/C15H18N4OS/c1-10-3-4-14(20-2)12(7-10)13(18-16)8-11-9-19-5-6-21-15(19)17-11/h3-7,9,13,18H,8,16H2,1-2H3. The number of methoxy groups -OCH3 is 1. The third-order valence-electron chi connectivity index (χ3n) is 3.52.